The van der Waals surface area contributed by atoms with E-state index in [1.54, 1.807) is 0 Å². The van der Waals surface area contributed by atoms with Crippen molar-refractivity contribution < 1.29 is 0 Å². The molecule has 3 rings (SSSR count). The summed E-state index contributed by atoms with van der Waals surface area (Å²) in [6.07, 6.45) is 9.52. The first-order chi connectivity index (χ1) is 11.1. The van der Waals surface area contributed by atoms with Crippen molar-refractivity contribution in [2.24, 2.45) is 0 Å². The first kappa shape index (κ1) is 17.0. The quantitative estimate of drug-likeness (QED) is 0.726. The number of imidazole rings is 1. The highest BCUT2D eigenvalue weighted by Gasteiger charge is 2.39. The maximum atomic E-state index is 4.18. The van der Waals surface area contributed by atoms with Crippen LogP contribution in [0.15, 0.2) is 36.9 Å². The van der Waals surface area contributed by atoms with Crippen molar-refractivity contribution >= 4 is 23.5 Å². The van der Waals surface area contributed by atoms with E-state index in [4.69, 9.17) is 0 Å². The molecule has 1 aromatic heterocycles. The van der Waals surface area contributed by atoms with Crippen molar-refractivity contribution in [3.8, 4) is 0 Å². The lowest BCUT2D eigenvalue weighted by Gasteiger charge is -2.28. The van der Waals surface area contributed by atoms with Crippen molar-refractivity contribution in [1.82, 2.24) is 9.55 Å². The van der Waals surface area contributed by atoms with Crippen LogP contribution in [-0.2, 0) is 13.0 Å². The highest BCUT2D eigenvalue weighted by Crippen LogP contribution is 2.53. The van der Waals surface area contributed by atoms with Crippen molar-refractivity contribution in [1.29, 1.82) is 0 Å². The Morgan fingerprint density at radius 1 is 1.26 bits per heavy atom. The number of hydrogen-bond donors (Lipinski definition) is 0. The summed E-state index contributed by atoms with van der Waals surface area (Å²) in [7, 11) is 0. The Kier molecular flexibility index (Phi) is 5.42. The molecule has 0 bridgehead atoms. The van der Waals surface area contributed by atoms with E-state index in [-0.39, 0.29) is 0 Å². The molecule has 1 aromatic carbocycles. The van der Waals surface area contributed by atoms with Gasteiger partial charge in [-0.05, 0) is 38.7 Å². The van der Waals surface area contributed by atoms with E-state index >= 15 is 0 Å². The zero-order chi connectivity index (χ0) is 16.3. The van der Waals surface area contributed by atoms with E-state index in [2.05, 4.69) is 78.2 Å². The average Bonchev–Trinajstić information content (AvgIpc) is 3.14. The maximum Gasteiger partial charge on any atom is 0.0945 e. The molecule has 2 nitrogen and oxygen atoms in total. The standard InChI is InChI=1S/C19H26N2S2/c1-4-18-13-22-19(23-18,5-7-21-8-6-20-14-21)12-17-10-15(2)9-16(3)11-17/h6,8-11,14,18H,4-5,7,12-13H2,1-3H3. The van der Waals surface area contributed by atoms with E-state index < -0.39 is 0 Å². The third kappa shape index (κ3) is 4.36. The molecule has 0 aliphatic carbocycles. The number of rotatable bonds is 6. The van der Waals surface area contributed by atoms with E-state index in [1.165, 1.54) is 35.3 Å². The first-order valence-electron chi connectivity index (χ1n) is 8.43. The summed E-state index contributed by atoms with van der Waals surface area (Å²) in [6.45, 7) is 7.79. The lowest BCUT2D eigenvalue weighted by Crippen LogP contribution is -2.23. The second kappa shape index (κ2) is 7.35. The Morgan fingerprint density at radius 2 is 2.04 bits per heavy atom. The fourth-order valence-electron chi connectivity index (χ4n) is 3.33. The number of nitrogens with zero attached hydrogens (tertiary/aromatic N) is 2. The van der Waals surface area contributed by atoms with Crippen LogP contribution >= 0.6 is 23.5 Å². The van der Waals surface area contributed by atoms with Crippen LogP contribution in [0.4, 0.5) is 0 Å². The highest BCUT2D eigenvalue weighted by molar-refractivity contribution is 8.21. The molecule has 23 heavy (non-hydrogen) atoms. The minimum atomic E-state index is 0.311. The van der Waals surface area contributed by atoms with Gasteiger partial charge in [0.15, 0.2) is 0 Å². The van der Waals surface area contributed by atoms with E-state index in [0.717, 1.165) is 18.2 Å². The van der Waals surface area contributed by atoms with E-state index in [1.807, 2.05) is 12.5 Å². The molecule has 124 valence electrons. The molecule has 2 atom stereocenters. The largest absolute Gasteiger partial charge is 0.337 e. The van der Waals surface area contributed by atoms with Gasteiger partial charge in [-0.2, -0.15) is 0 Å². The number of aryl methyl sites for hydroxylation is 3. The monoisotopic (exact) mass is 346 g/mol. The third-order valence-corrected chi connectivity index (χ3v) is 8.34. The van der Waals surface area contributed by atoms with Crippen molar-refractivity contribution in [2.45, 2.75) is 55.9 Å². The van der Waals surface area contributed by atoms with Gasteiger partial charge in [0.05, 0.1) is 10.4 Å². The molecule has 1 aliphatic heterocycles. The molecule has 2 heterocycles. The highest BCUT2D eigenvalue weighted by atomic mass is 32.2. The van der Waals surface area contributed by atoms with E-state index in [9.17, 15) is 0 Å². The molecule has 0 N–H and O–H groups in total. The Balaban J connectivity index is 1.77. The molecule has 0 amide bonds. The Labute approximate surface area is 148 Å². The maximum absolute atomic E-state index is 4.18. The topological polar surface area (TPSA) is 17.8 Å². The van der Waals surface area contributed by atoms with Crippen LogP contribution in [0.5, 0.6) is 0 Å². The molecular weight excluding hydrogens is 320 g/mol. The van der Waals surface area contributed by atoms with Gasteiger partial charge in [-0.1, -0.05) is 36.2 Å². The molecule has 2 aromatic rings. The third-order valence-electron chi connectivity index (χ3n) is 4.43. The van der Waals surface area contributed by atoms with E-state index in [0.29, 0.717) is 4.08 Å². The van der Waals surface area contributed by atoms with Crippen LogP contribution in [0.3, 0.4) is 0 Å². The van der Waals surface area contributed by atoms with Crippen LogP contribution in [0.1, 0.15) is 36.5 Å². The minimum Gasteiger partial charge on any atom is -0.337 e. The lowest BCUT2D eigenvalue weighted by atomic mass is 10.0. The molecule has 0 saturated carbocycles. The number of thioether (sulfide) groups is 2. The zero-order valence-electron chi connectivity index (χ0n) is 14.3. The molecule has 0 spiro atoms. The normalized spacial score (nSPS) is 24.2. The zero-order valence-corrected chi connectivity index (χ0v) is 15.9. The van der Waals surface area contributed by atoms with Gasteiger partial charge in [0.1, 0.15) is 0 Å². The molecule has 1 fully saturated rings. The molecule has 1 aliphatic rings. The number of aromatic nitrogens is 2. The second-order valence-electron chi connectivity index (χ2n) is 6.59. The number of benzene rings is 1. The molecule has 1 saturated heterocycles. The number of hydrogen-bond acceptors (Lipinski definition) is 3. The summed E-state index contributed by atoms with van der Waals surface area (Å²) >= 11 is 4.40. The summed E-state index contributed by atoms with van der Waals surface area (Å²) < 4.78 is 2.52. The van der Waals surface area contributed by atoms with Crippen molar-refractivity contribution in [3.63, 3.8) is 0 Å². The predicted molar refractivity (Wildman–Crippen MR) is 103 cm³/mol. The summed E-state index contributed by atoms with van der Waals surface area (Å²) in [5, 5.41) is 0.800. The van der Waals surface area contributed by atoms with Crippen LogP contribution in [0.25, 0.3) is 0 Å². The van der Waals surface area contributed by atoms with Gasteiger partial charge in [0, 0.05) is 29.9 Å². The molecule has 2 unspecified atom stereocenters. The fourth-order valence-corrected chi connectivity index (χ4v) is 7.15. The second-order valence-corrected chi connectivity index (χ2v) is 9.94. The molecule has 0 radical (unpaired) electrons. The van der Waals surface area contributed by atoms with Crippen LogP contribution < -0.4 is 0 Å². The Bertz CT molecular complexity index is 619. The summed E-state index contributed by atoms with van der Waals surface area (Å²) in [4.78, 5) is 4.18. The minimum absolute atomic E-state index is 0.311. The fraction of sp³-hybridized carbons (Fsp3) is 0.526. The van der Waals surface area contributed by atoms with Gasteiger partial charge < -0.3 is 4.57 Å². The first-order valence-corrected chi connectivity index (χ1v) is 10.3. The van der Waals surface area contributed by atoms with Gasteiger partial charge >= 0.3 is 0 Å². The SMILES string of the molecule is CCC1CSC(CCn2ccnc2)(Cc2cc(C)cc(C)c2)S1. The van der Waals surface area contributed by atoms with Gasteiger partial charge in [-0.15, -0.1) is 23.5 Å². The predicted octanol–water partition coefficient (Wildman–Crippen LogP) is 5.09. The van der Waals surface area contributed by atoms with Gasteiger partial charge in [0.25, 0.3) is 0 Å². The lowest BCUT2D eigenvalue weighted by molar-refractivity contribution is 0.597. The average molecular weight is 347 g/mol. The Hall–Kier alpha value is -0.870. The smallest absolute Gasteiger partial charge is 0.0945 e. The Morgan fingerprint density at radius 3 is 2.65 bits per heavy atom. The van der Waals surface area contributed by atoms with Crippen LogP contribution in [0.2, 0.25) is 0 Å². The van der Waals surface area contributed by atoms with Crippen molar-refractivity contribution in [3.05, 3.63) is 53.6 Å². The summed E-state index contributed by atoms with van der Waals surface area (Å²) in [5.74, 6) is 1.29. The van der Waals surface area contributed by atoms with Crippen molar-refractivity contribution in [2.75, 3.05) is 5.75 Å². The molecule has 4 heteroatoms. The van der Waals surface area contributed by atoms with Gasteiger partial charge in [-0.3, -0.25) is 0 Å². The van der Waals surface area contributed by atoms with Gasteiger partial charge in [0.2, 0.25) is 0 Å². The summed E-state index contributed by atoms with van der Waals surface area (Å²) in [5.41, 5.74) is 4.25. The van der Waals surface area contributed by atoms with Gasteiger partial charge in [-0.25, -0.2) is 4.98 Å². The van der Waals surface area contributed by atoms with Crippen LogP contribution in [-0.4, -0.2) is 24.6 Å². The summed E-state index contributed by atoms with van der Waals surface area (Å²) in [6, 6.07) is 7.00. The van der Waals surface area contributed by atoms with Crippen LogP contribution in [0, 0.1) is 13.8 Å². The molecular formula is C19H26N2S2.